The SMILES string of the molecule is Clc1ccc(OCc2nnc3sc(-c4sc5ccccc5c4Cl)nn23)cc1. The minimum Gasteiger partial charge on any atom is -0.486 e. The molecule has 0 fully saturated rings. The van der Waals surface area contributed by atoms with Gasteiger partial charge >= 0.3 is 0 Å². The average Bonchev–Trinajstić information content (AvgIpc) is 3.35. The van der Waals surface area contributed by atoms with E-state index in [1.807, 2.05) is 30.3 Å². The summed E-state index contributed by atoms with van der Waals surface area (Å²) in [4.78, 5) is 1.64. The smallest absolute Gasteiger partial charge is 0.235 e. The van der Waals surface area contributed by atoms with Crippen molar-refractivity contribution in [1.29, 1.82) is 0 Å². The molecule has 9 heteroatoms. The van der Waals surface area contributed by atoms with Gasteiger partial charge in [-0.15, -0.1) is 21.5 Å². The van der Waals surface area contributed by atoms with Crippen LogP contribution in [0.4, 0.5) is 0 Å². The molecule has 5 rings (SSSR count). The second-order valence-corrected chi connectivity index (χ2v) is 8.52. The van der Waals surface area contributed by atoms with Crippen molar-refractivity contribution in [2.75, 3.05) is 0 Å². The molecule has 5 nitrogen and oxygen atoms in total. The second kappa shape index (κ2) is 6.76. The summed E-state index contributed by atoms with van der Waals surface area (Å²) in [5.74, 6) is 1.33. The van der Waals surface area contributed by atoms with Gasteiger partial charge in [0.15, 0.2) is 10.8 Å². The van der Waals surface area contributed by atoms with Crippen LogP contribution in [-0.2, 0) is 6.61 Å². The van der Waals surface area contributed by atoms with Gasteiger partial charge in [-0.25, -0.2) is 0 Å². The first-order valence-electron chi connectivity index (χ1n) is 7.96. The third-order valence-corrected chi connectivity index (χ3v) is 6.95. The number of thiophene rings is 1. The third-order valence-electron chi connectivity index (χ3n) is 3.97. The molecular formula is C18H10Cl2N4OS2. The van der Waals surface area contributed by atoms with Crippen LogP contribution in [0.25, 0.3) is 24.9 Å². The maximum Gasteiger partial charge on any atom is 0.235 e. The van der Waals surface area contributed by atoms with Crippen LogP contribution in [0.5, 0.6) is 5.75 Å². The van der Waals surface area contributed by atoms with Crippen molar-refractivity contribution in [3.05, 3.63) is 64.4 Å². The molecule has 0 atom stereocenters. The van der Waals surface area contributed by atoms with E-state index in [-0.39, 0.29) is 6.61 Å². The minimum absolute atomic E-state index is 0.256. The minimum atomic E-state index is 0.256. The molecule has 2 aromatic carbocycles. The molecule has 0 bridgehead atoms. The molecule has 0 aliphatic rings. The number of hydrogen-bond acceptors (Lipinski definition) is 6. The number of ether oxygens (including phenoxy) is 1. The van der Waals surface area contributed by atoms with Gasteiger partial charge in [0.05, 0.1) is 9.90 Å². The van der Waals surface area contributed by atoms with Crippen molar-refractivity contribution in [3.8, 4) is 15.6 Å². The molecule has 3 aromatic heterocycles. The molecule has 0 spiro atoms. The molecule has 134 valence electrons. The highest BCUT2D eigenvalue weighted by Gasteiger charge is 2.18. The molecule has 0 radical (unpaired) electrons. The number of nitrogens with zero attached hydrogens (tertiary/aromatic N) is 4. The van der Waals surface area contributed by atoms with E-state index in [1.54, 1.807) is 28.0 Å². The average molecular weight is 433 g/mol. The summed E-state index contributed by atoms with van der Waals surface area (Å²) < 4.78 is 8.60. The highest BCUT2D eigenvalue weighted by atomic mass is 35.5. The quantitative estimate of drug-likeness (QED) is 0.351. The third kappa shape index (κ3) is 3.06. The zero-order valence-electron chi connectivity index (χ0n) is 13.6. The highest BCUT2D eigenvalue weighted by Crippen LogP contribution is 2.43. The van der Waals surface area contributed by atoms with Crippen LogP contribution in [0.3, 0.4) is 0 Å². The van der Waals surface area contributed by atoms with Gasteiger partial charge in [-0.2, -0.15) is 9.61 Å². The molecule has 5 aromatic rings. The van der Waals surface area contributed by atoms with Crippen LogP contribution in [0.2, 0.25) is 10.0 Å². The molecule has 0 unspecified atom stereocenters. The predicted molar refractivity (Wildman–Crippen MR) is 110 cm³/mol. The predicted octanol–water partition coefficient (Wildman–Crippen LogP) is 5.95. The fourth-order valence-corrected chi connectivity index (χ4v) is 5.31. The molecule has 0 saturated heterocycles. The Hall–Kier alpha value is -2.19. The van der Waals surface area contributed by atoms with Crippen molar-refractivity contribution in [3.63, 3.8) is 0 Å². The number of aromatic nitrogens is 4. The first-order chi connectivity index (χ1) is 13.2. The summed E-state index contributed by atoms with van der Waals surface area (Å²) in [5.41, 5.74) is 0. The van der Waals surface area contributed by atoms with E-state index in [4.69, 9.17) is 27.9 Å². The standard InChI is InChI=1S/C18H10Cl2N4OS2/c19-10-5-7-11(8-6-10)25-9-14-21-22-18-24(14)23-17(27-18)16-15(20)12-3-1-2-4-13(12)26-16/h1-8H,9H2. The Morgan fingerprint density at radius 1 is 0.963 bits per heavy atom. The molecule has 27 heavy (non-hydrogen) atoms. The van der Waals surface area contributed by atoms with Crippen LogP contribution in [-0.4, -0.2) is 19.8 Å². The molecule has 3 heterocycles. The Morgan fingerprint density at radius 2 is 1.78 bits per heavy atom. The lowest BCUT2D eigenvalue weighted by Gasteiger charge is -2.03. The highest BCUT2D eigenvalue weighted by molar-refractivity contribution is 7.28. The summed E-state index contributed by atoms with van der Waals surface area (Å²) in [6.45, 7) is 0.256. The van der Waals surface area contributed by atoms with E-state index < -0.39 is 0 Å². The van der Waals surface area contributed by atoms with Gasteiger partial charge in [0.25, 0.3) is 0 Å². The lowest BCUT2D eigenvalue weighted by molar-refractivity contribution is 0.293. The van der Waals surface area contributed by atoms with Gasteiger partial charge in [0.2, 0.25) is 4.96 Å². The zero-order chi connectivity index (χ0) is 18.4. The van der Waals surface area contributed by atoms with Gasteiger partial charge in [-0.1, -0.05) is 52.7 Å². The van der Waals surface area contributed by atoms with Crippen LogP contribution in [0.15, 0.2) is 48.5 Å². The Bertz CT molecular complexity index is 1260. The second-order valence-electron chi connectivity index (χ2n) is 5.70. The lowest BCUT2D eigenvalue weighted by atomic mass is 10.2. The van der Waals surface area contributed by atoms with Crippen molar-refractivity contribution in [2.24, 2.45) is 0 Å². The summed E-state index contributed by atoms with van der Waals surface area (Å²) in [6.07, 6.45) is 0. The zero-order valence-corrected chi connectivity index (χ0v) is 16.7. The fourth-order valence-electron chi connectivity index (χ4n) is 2.67. The van der Waals surface area contributed by atoms with Crippen molar-refractivity contribution >= 4 is 60.9 Å². The Morgan fingerprint density at radius 3 is 2.59 bits per heavy atom. The molecular weight excluding hydrogens is 423 g/mol. The summed E-state index contributed by atoms with van der Waals surface area (Å²) in [5, 5.41) is 16.3. The monoisotopic (exact) mass is 432 g/mol. The van der Waals surface area contributed by atoms with Gasteiger partial charge < -0.3 is 4.74 Å². The van der Waals surface area contributed by atoms with Crippen molar-refractivity contribution < 1.29 is 4.74 Å². The van der Waals surface area contributed by atoms with E-state index in [2.05, 4.69) is 21.4 Å². The van der Waals surface area contributed by atoms with Gasteiger partial charge in [-0.05, 0) is 30.3 Å². The van der Waals surface area contributed by atoms with Crippen LogP contribution >= 0.6 is 45.9 Å². The maximum absolute atomic E-state index is 6.58. The van der Waals surface area contributed by atoms with E-state index in [0.717, 1.165) is 25.0 Å². The van der Waals surface area contributed by atoms with Gasteiger partial charge in [-0.3, -0.25) is 0 Å². The maximum atomic E-state index is 6.58. The Balaban J connectivity index is 1.47. The van der Waals surface area contributed by atoms with E-state index in [1.165, 1.54) is 11.3 Å². The van der Waals surface area contributed by atoms with Gasteiger partial charge in [0, 0.05) is 15.1 Å². The lowest BCUT2D eigenvalue weighted by Crippen LogP contribution is -2.02. The van der Waals surface area contributed by atoms with E-state index >= 15 is 0 Å². The summed E-state index contributed by atoms with van der Waals surface area (Å²) >= 11 is 15.5. The summed E-state index contributed by atoms with van der Waals surface area (Å²) in [7, 11) is 0. The van der Waals surface area contributed by atoms with Crippen LogP contribution in [0, 0.1) is 0 Å². The number of fused-ring (bicyclic) bond motifs is 2. The van der Waals surface area contributed by atoms with Crippen LogP contribution < -0.4 is 4.74 Å². The number of halogens is 2. The fraction of sp³-hybridized carbons (Fsp3) is 0.0556. The molecule has 0 aliphatic heterocycles. The number of benzene rings is 2. The van der Waals surface area contributed by atoms with Crippen molar-refractivity contribution in [1.82, 2.24) is 19.8 Å². The normalized spacial score (nSPS) is 11.5. The molecule has 0 amide bonds. The molecule has 0 N–H and O–H groups in total. The molecule has 0 saturated carbocycles. The summed E-state index contributed by atoms with van der Waals surface area (Å²) in [6, 6.07) is 15.2. The topological polar surface area (TPSA) is 52.3 Å². The Labute approximate surface area is 171 Å². The molecule has 0 aliphatic carbocycles. The van der Waals surface area contributed by atoms with E-state index in [9.17, 15) is 0 Å². The first kappa shape index (κ1) is 16.9. The Kier molecular flexibility index (Phi) is 4.24. The van der Waals surface area contributed by atoms with Crippen LogP contribution in [0.1, 0.15) is 5.82 Å². The number of hydrogen-bond donors (Lipinski definition) is 0. The van der Waals surface area contributed by atoms with Gasteiger partial charge in [0.1, 0.15) is 12.4 Å². The number of rotatable bonds is 4. The largest absolute Gasteiger partial charge is 0.486 e. The van der Waals surface area contributed by atoms with E-state index in [0.29, 0.717) is 21.6 Å². The first-order valence-corrected chi connectivity index (χ1v) is 10.3. The van der Waals surface area contributed by atoms with Crippen molar-refractivity contribution in [2.45, 2.75) is 6.61 Å².